The van der Waals surface area contributed by atoms with Crippen molar-refractivity contribution in [3.05, 3.63) is 0 Å². The van der Waals surface area contributed by atoms with E-state index < -0.39 is 18.1 Å². The summed E-state index contributed by atoms with van der Waals surface area (Å²) in [7, 11) is 0. The molecule has 0 aromatic rings. The Morgan fingerprint density at radius 2 is 2.21 bits per heavy atom. The summed E-state index contributed by atoms with van der Waals surface area (Å²) < 4.78 is 37.2. The molecule has 0 aromatic carbocycles. The molecule has 7 heteroatoms. The Bertz CT molecular complexity index is 219. The molecule has 0 saturated carbocycles. The Balaban J connectivity index is 2.64. The Labute approximate surface area is 79.2 Å². The summed E-state index contributed by atoms with van der Waals surface area (Å²) >= 11 is 0. The normalized spacial score (nSPS) is 24.9. The van der Waals surface area contributed by atoms with Gasteiger partial charge in [0.1, 0.15) is 6.04 Å². The quantitative estimate of drug-likeness (QED) is 0.635. The van der Waals surface area contributed by atoms with Gasteiger partial charge in [0, 0.05) is 19.6 Å². The summed E-state index contributed by atoms with van der Waals surface area (Å²) in [5.74, 6) is -0.735. The molecule has 0 radical (unpaired) electrons. The van der Waals surface area contributed by atoms with Gasteiger partial charge in [-0.25, -0.2) is 0 Å². The second-order valence-electron chi connectivity index (χ2n) is 3.20. The predicted molar refractivity (Wildman–Crippen MR) is 43.5 cm³/mol. The van der Waals surface area contributed by atoms with Crippen molar-refractivity contribution in [1.82, 2.24) is 10.2 Å². The molecule has 1 saturated heterocycles. The molecule has 0 aliphatic carbocycles. The summed E-state index contributed by atoms with van der Waals surface area (Å²) in [6.07, 6.45) is -4.32. The molecule has 0 spiro atoms. The number of amides is 1. The van der Waals surface area contributed by atoms with E-state index in [0.717, 1.165) is 4.90 Å². The van der Waals surface area contributed by atoms with Gasteiger partial charge in [-0.2, -0.15) is 13.2 Å². The van der Waals surface area contributed by atoms with Crippen LogP contribution in [0, 0.1) is 0 Å². The highest BCUT2D eigenvalue weighted by atomic mass is 19.4. The maximum atomic E-state index is 12.4. The molecule has 1 heterocycles. The first-order valence-electron chi connectivity index (χ1n) is 4.21. The number of carbonyl (C=O) groups excluding carboxylic acids is 1. The van der Waals surface area contributed by atoms with Gasteiger partial charge in [-0.05, 0) is 0 Å². The van der Waals surface area contributed by atoms with Crippen molar-refractivity contribution in [2.75, 3.05) is 26.2 Å². The molecule has 1 aliphatic heterocycles. The topological polar surface area (TPSA) is 58.4 Å². The number of alkyl halides is 3. The molecule has 0 unspecified atom stereocenters. The van der Waals surface area contributed by atoms with E-state index in [1.54, 1.807) is 0 Å². The first-order chi connectivity index (χ1) is 6.41. The molecular formula is C7H12F3N3O. The molecule has 1 rings (SSSR count). The van der Waals surface area contributed by atoms with E-state index in [-0.39, 0.29) is 19.6 Å². The number of hydrogen-bond donors (Lipinski definition) is 2. The van der Waals surface area contributed by atoms with Crippen molar-refractivity contribution in [3.63, 3.8) is 0 Å². The van der Waals surface area contributed by atoms with Crippen molar-refractivity contribution in [1.29, 1.82) is 0 Å². The lowest BCUT2D eigenvalue weighted by Gasteiger charge is -2.36. The van der Waals surface area contributed by atoms with Crippen LogP contribution in [-0.4, -0.2) is 49.2 Å². The zero-order valence-electron chi connectivity index (χ0n) is 7.47. The molecule has 0 aromatic heterocycles. The molecular weight excluding hydrogens is 199 g/mol. The number of carbonyl (C=O) groups is 1. The SMILES string of the molecule is NC(=O)CN1CCNC[C@@H]1C(F)(F)F. The third-order valence-corrected chi connectivity index (χ3v) is 2.09. The van der Waals surface area contributed by atoms with E-state index in [1.165, 1.54) is 0 Å². The number of piperazine rings is 1. The molecule has 1 atom stereocenters. The minimum absolute atomic E-state index is 0.184. The summed E-state index contributed by atoms with van der Waals surface area (Å²) in [4.78, 5) is 11.6. The predicted octanol–water partition coefficient (Wildman–Crippen LogP) is -0.692. The Morgan fingerprint density at radius 3 is 2.71 bits per heavy atom. The van der Waals surface area contributed by atoms with Crippen LogP contribution in [0.3, 0.4) is 0 Å². The van der Waals surface area contributed by atoms with Gasteiger partial charge >= 0.3 is 6.18 Å². The summed E-state index contributed by atoms with van der Waals surface area (Å²) in [6.45, 7) is 0.107. The maximum Gasteiger partial charge on any atom is 0.405 e. The lowest BCUT2D eigenvalue weighted by atomic mass is 10.2. The third kappa shape index (κ3) is 2.85. The fraction of sp³-hybridized carbons (Fsp3) is 0.857. The average Bonchev–Trinajstić information content (AvgIpc) is 2.01. The summed E-state index contributed by atoms with van der Waals surface area (Å²) in [5, 5.41) is 2.63. The zero-order chi connectivity index (χ0) is 10.8. The highest BCUT2D eigenvalue weighted by Crippen LogP contribution is 2.25. The van der Waals surface area contributed by atoms with E-state index in [4.69, 9.17) is 5.73 Å². The molecule has 14 heavy (non-hydrogen) atoms. The van der Waals surface area contributed by atoms with Crippen LogP contribution in [-0.2, 0) is 4.79 Å². The molecule has 1 amide bonds. The number of primary amides is 1. The molecule has 82 valence electrons. The molecule has 0 bridgehead atoms. The standard InChI is InChI=1S/C7H12F3N3O/c8-7(9,10)5-3-12-1-2-13(5)4-6(11)14/h5,12H,1-4H2,(H2,11,14)/t5-/m1/s1. The second kappa shape index (κ2) is 4.14. The van der Waals surface area contributed by atoms with E-state index in [2.05, 4.69) is 5.32 Å². The van der Waals surface area contributed by atoms with Crippen molar-refractivity contribution >= 4 is 5.91 Å². The summed E-state index contributed by atoms with van der Waals surface area (Å²) in [5.41, 5.74) is 4.86. The van der Waals surface area contributed by atoms with Crippen molar-refractivity contribution in [2.24, 2.45) is 5.73 Å². The van der Waals surface area contributed by atoms with E-state index in [9.17, 15) is 18.0 Å². The smallest absolute Gasteiger partial charge is 0.369 e. The largest absolute Gasteiger partial charge is 0.405 e. The van der Waals surface area contributed by atoms with Gasteiger partial charge in [-0.3, -0.25) is 9.69 Å². The Hall–Kier alpha value is -0.820. The van der Waals surface area contributed by atoms with Gasteiger partial charge in [-0.15, -0.1) is 0 Å². The van der Waals surface area contributed by atoms with Crippen LogP contribution >= 0.6 is 0 Å². The number of rotatable bonds is 2. The van der Waals surface area contributed by atoms with Crippen LogP contribution in [0.1, 0.15) is 0 Å². The average molecular weight is 211 g/mol. The second-order valence-corrected chi connectivity index (χ2v) is 3.20. The third-order valence-electron chi connectivity index (χ3n) is 2.09. The number of nitrogens with one attached hydrogen (secondary N) is 1. The maximum absolute atomic E-state index is 12.4. The van der Waals surface area contributed by atoms with Gasteiger partial charge < -0.3 is 11.1 Å². The van der Waals surface area contributed by atoms with Gasteiger partial charge in [0.05, 0.1) is 6.54 Å². The van der Waals surface area contributed by atoms with E-state index >= 15 is 0 Å². The van der Waals surface area contributed by atoms with Crippen LogP contribution in [0.5, 0.6) is 0 Å². The lowest BCUT2D eigenvalue weighted by molar-refractivity contribution is -0.187. The van der Waals surface area contributed by atoms with E-state index in [0.29, 0.717) is 6.54 Å². The monoisotopic (exact) mass is 211 g/mol. The van der Waals surface area contributed by atoms with Crippen LogP contribution in [0.4, 0.5) is 13.2 Å². The highest BCUT2D eigenvalue weighted by molar-refractivity contribution is 5.76. The minimum Gasteiger partial charge on any atom is -0.369 e. The van der Waals surface area contributed by atoms with Gasteiger partial charge in [0.2, 0.25) is 5.91 Å². The van der Waals surface area contributed by atoms with Crippen molar-refractivity contribution in [2.45, 2.75) is 12.2 Å². The van der Waals surface area contributed by atoms with Gasteiger partial charge in [0.15, 0.2) is 0 Å². The first kappa shape index (κ1) is 11.3. The minimum atomic E-state index is -4.32. The number of hydrogen-bond acceptors (Lipinski definition) is 3. The van der Waals surface area contributed by atoms with Gasteiger partial charge in [-0.1, -0.05) is 0 Å². The van der Waals surface area contributed by atoms with Crippen molar-refractivity contribution in [3.8, 4) is 0 Å². The highest BCUT2D eigenvalue weighted by Gasteiger charge is 2.44. The van der Waals surface area contributed by atoms with Crippen LogP contribution in [0.25, 0.3) is 0 Å². The van der Waals surface area contributed by atoms with Gasteiger partial charge in [0.25, 0.3) is 0 Å². The van der Waals surface area contributed by atoms with Crippen LogP contribution in [0.15, 0.2) is 0 Å². The summed E-state index contributed by atoms with van der Waals surface area (Å²) in [6, 6.07) is -1.61. The number of nitrogens with two attached hydrogens (primary N) is 1. The van der Waals surface area contributed by atoms with Crippen LogP contribution < -0.4 is 11.1 Å². The Morgan fingerprint density at radius 1 is 1.57 bits per heavy atom. The molecule has 4 nitrogen and oxygen atoms in total. The molecule has 3 N–H and O–H groups in total. The first-order valence-corrected chi connectivity index (χ1v) is 4.21. The zero-order valence-corrected chi connectivity index (χ0v) is 7.47. The fourth-order valence-electron chi connectivity index (χ4n) is 1.46. The van der Waals surface area contributed by atoms with E-state index in [1.807, 2.05) is 0 Å². The Kier molecular flexibility index (Phi) is 3.33. The fourth-order valence-corrected chi connectivity index (χ4v) is 1.46. The molecule has 1 fully saturated rings. The lowest BCUT2D eigenvalue weighted by Crippen LogP contribution is -2.59. The molecule has 1 aliphatic rings. The number of nitrogens with zero attached hydrogens (tertiary/aromatic N) is 1. The van der Waals surface area contributed by atoms with Crippen LogP contribution in [0.2, 0.25) is 0 Å². The number of halogens is 3. The van der Waals surface area contributed by atoms with Crippen molar-refractivity contribution < 1.29 is 18.0 Å².